The first-order chi connectivity index (χ1) is 11.2. The second kappa shape index (κ2) is 8.70. The summed E-state index contributed by atoms with van der Waals surface area (Å²) in [5, 5.41) is 12.4. The SMILES string of the molecule is CNCCCC(=O)NCC(=O)Nc1ccc(-n2cccn2)cc1. The third-order valence-corrected chi connectivity index (χ3v) is 3.20. The van der Waals surface area contributed by atoms with E-state index in [0.29, 0.717) is 12.1 Å². The Balaban J connectivity index is 1.76. The molecule has 1 heterocycles. The third-order valence-electron chi connectivity index (χ3n) is 3.20. The van der Waals surface area contributed by atoms with Gasteiger partial charge in [-0.3, -0.25) is 9.59 Å². The zero-order chi connectivity index (χ0) is 16.5. The van der Waals surface area contributed by atoms with Crippen molar-refractivity contribution in [3.63, 3.8) is 0 Å². The molecular weight excluding hydrogens is 294 g/mol. The molecule has 7 heteroatoms. The summed E-state index contributed by atoms with van der Waals surface area (Å²) in [4.78, 5) is 23.3. The van der Waals surface area contributed by atoms with Crippen LogP contribution in [-0.4, -0.2) is 41.7 Å². The van der Waals surface area contributed by atoms with Crippen molar-refractivity contribution < 1.29 is 9.59 Å². The number of nitrogens with one attached hydrogen (secondary N) is 3. The van der Waals surface area contributed by atoms with Crippen molar-refractivity contribution in [1.82, 2.24) is 20.4 Å². The lowest BCUT2D eigenvalue weighted by molar-refractivity contribution is -0.124. The first-order valence-electron chi connectivity index (χ1n) is 7.50. The highest BCUT2D eigenvalue weighted by Crippen LogP contribution is 2.12. The highest BCUT2D eigenvalue weighted by atomic mass is 16.2. The molecule has 0 saturated heterocycles. The molecule has 0 bridgehead atoms. The highest BCUT2D eigenvalue weighted by molar-refractivity contribution is 5.94. The fraction of sp³-hybridized carbons (Fsp3) is 0.312. The smallest absolute Gasteiger partial charge is 0.243 e. The quantitative estimate of drug-likeness (QED) is 0.632. The lowest BCUT2D eigenvalue weighted by Crippen LogP contribution is -2.33. The number of benzene rings is 1. The Bertz CT molecular complexity index is 622. The van der Waals surface area contributed by atoms with Gasteiger partial charge in [0.25, 0.3) is 0 Å². The molecule has 122 valence electrons. The summed E-state index contributed by atoms with van der Waals surface area (Å²) >= 11 is 0. The normalized spacial score (nSPS) is 10.3. The summed E-state index contributed by atoms with van der Waals surface area (Å²) in [7, 11) is 1.84. The van der Waals surface area contributed by atoms with E-state index in [1.807, 2.05) is 31.4 Å². The number of rotatable bonds is 8. The lowest BCUT2D eigenvalue weighted by atomic mass is 10.2. The summed E-state index contributed by atoms with van der Waals surface area (Å²) in [6.07, 6.45) is 4.71. The topological polar surface area (TPSA) is 88.0 Å². The molecule has 3 N–H and O–H groups in total. The van der Waals surface area contributed by atoms with E-state index in [-0.39, 0.29) is 18.4 Å². The summed E-state index contributed by atoms with van der Waals surface area (Å²) < 4.78 is 1.73. The zero-order valence-electron chi connectivity index (χ0n) is 13.1. The van der Waals surface area contributed by atoms with Crippen molar-refractivity contribution >= 4 is 17.5 Å². The molecule has 0 saturated carbocycles. The molecule has 7 nitrogen and oxygen atoms in total. The van der Waals surface area contributed by atoms with Gasteiger partial charge in [-0.05, 0) is 50.3 Å². The Labute approximate surface area is 135 Å². The van der Waals surface area contributed by atoms with Crippen molar-refractivity contribution in [3.05, 3.63) is 42.7 Å². The second-order valence-electron chi connectivity index (χ2n) is 5.03. The number of hydrogen-bond acceptors (Lipinski definition) is 4. The van der Waals surface area contributed by atoms with Crippen molar-refractivity contribution in [3.8, 4) is 5.69 Å². The van der Waals surface area contributed by atoms with Gasteiger partial charge in [0.1, 0.15) is 0 Å². The first kappa shape index (κ1) is 16.7. The van der Waals surface area contributed by atoms with Gasteiger partial charge < -0.3 is 16.0 Å². The van der Waals surface area contributed by atoms with E-state index in [1.54, 1.807) is 23.0 Å². The minimum absolute atomic E-state index is 0.0285. The van der Waals surface area contributed by atoms with Gasteiger partial charge >= 0.3 is 0 Å². The maximum absolute atomic E-state index is 11.8. The first-order valence-corrected chi connectivity index (χ1v) is 7.50. The number of hydrogen-bond donors (Lipinski definition) is 3. The second-order valence-corrected chi connectivity index (χ2v) is 5.03. The van der Waals surface area contributed by atoms with Gasteiger partial charge in [-0.15, -0.1) is 0 Å². The maximum Gasteiger partial charge on any atom is 0.243 e. The standard InChI is InChI=1S/C16H21N5O2/c1-17-9-2-4-15(22)18-12-16(23)20-13-5-7-14(8-6-13)21-11-3-10-19-21/h3,5-8,10-11,17H,2,4,9,12H2,1H3,(H,18,22)(H,20,23). The minimum Gasteiger partial charge on any atom is -0.347 e. The molecular formula is C16H21N5O2. The van der Waals surface area contributed by atoms with Crippen molar-refractivity contribution in [2.45, 2.75) is 12.8 Å². The van der Waals surface area contributed by atoms with Crippen LogP contribution in [0.5, 0.6) is 0 Å². The van der Waals surface area contributed by atoms with E-state index in [1.165, 1.54) is 0 Å². The predicted octanol–water partition coefficient (Wildman–Crippen LogP) is 0.927. The van der Waals surface area contributed by atoms with Crippen LogP contribution >= 0.6 is 0 Å². The van der Waals surface area contributed by atoms with Crippen LogP contribution in [0.3, 0.4) is 0 Å². The van der Waals surface area contributed by atoms with Gasteiger partial charge in [-0.1, -0.05) is 0 Å². The fourth-order valence-corrected chi connectivity index (χ4v) is 2.02. The third kappa shape index (κ3) is 5.55. The maximum atomic E-state index is 11.8. The Kier molecular flexibility index (Phi) is 6.31. The van der Waals surface area contributed by atoms with Crippen LogP contribution in [0.4, 0.5) is 5.69 Å². The molecule has 0 fully saturated rings. The number of nitrogens with zero attached hydrogens (tertiary/aromatic N) is 2. The molecule has 2 amide bonds. The van der Waals surface area contributed by atoms with Crippen molar-refractivity contribution in [1.29, 1.82) is 0 Å². The van der Waals surface area contributed by atoms with E-state index in [4.69, 9.17) is 0 Å². The van der Waals surface area contributed by atoms with Gasteiger partial charge in [0.15, 0.2) is 0 Å². The van der Waals surface area contributed by atoms with E-state index < -0.39 is 0 Å². The summed E-state index contributed by atoms with van der Waals surface area (Å²) in [6, 6.07) is 9.15. The van der Waals surface area contributed by atoms with Crippen LogP contribution in [0, 0.1) is 0 Å². The van der Waals surface area contributed by atoms with Crippen LogP contribution in [0.1, 0.15) is 12.8 Å². The molecule has 0 unspecified atom stereocenters. The van der Waals surface area contributed by atoms with Crippen LogP contribution < -0.4 is 16.0 Å². The molecule has 0 aliphatic carbocycles. The van der Waals surface area contributed by atoms with E-state index in [2.05, 4.69) is 21.0 Å². The van der Waals surface area contributed by atoms with Crippen LogP contribution in [0.15, 0.2) is 42.7 Å². The summed E-state index contributed by atoms with van der Waals surface area (Å²) in [6.45, 7) is 0.751. The highest BCUT2D eigenvalue weighted by Gasteiger charge is 2.06. The van der Waals surface area contributed by atoms with Gasteiger partial charge in [-0.2, -0.15) is 5.10 Å². The lowest BCUT2D eigenvalue weighted by Gasteiger charge is -2.08. The Hall–Kier alpha value is -2.67. The van der Waals surface area contributed by atoms with Gasteiger partial charge in [0.2, 0.25) is 11.8 Å². The van der Waals surface area contributed by atoms with Crippen molar-refractivity contribution in [2.75, 3.05) is 25.5 Å². The fourth-order valence-electron chi connectivity index (χ4n) is 2.02. The molecule has 0 aliphatic heterocycles. The van der Waals surface area contributed by atoms with E-state index >= 15 is 0 Å². The monoisotopic (exact) mass is 315 g/mol. The Morgan fingerprint density at radius 3 is 2.61 bits per heavy atom. The van der Waals surface area contributed by atoms with Crippen LogP contribution in [0.25, 0.3) is 5.69 Å². The minimum atomic E-state index is -0.251. The Morgan fingerprint density at radius 2 is 1.96 bits per heavy atom. The Morgan fingerprint density at radius 1 is 1.17 bits per heavy atom. The molecule has 23 heavy (non-hydrogen) atoms. The molecule has 1 aromatic carbocycles. The molecule has 2 aromatic rings. The molecule has 0 spiro atoms. The number of anilines is 1. The number of aromatic nitrogens is 2. The average molecular weight is 315 g/mol. The van der Waals surface area contributed by atoms with E-state index in [0.717, 1.165) is 18.7 Å². The average Bonchev–Trinajstić information content (AvgIpc) is 3.08. The van der Waals surface area contributed by atoms with Crippen molar-refractivity contribution in [2.24, 2.45) is 0 Å². The van der Waals surface area contributed by atoms with Gasteiger partial charge in [-0.25, -0.2) is 4.68 Å². The summed E-state index contributed by atoms with van der Waals surface area (Å²) in [5.41, 5.74) is 1.58. The van der Waals surface area contributed by atoms with Gasteiger partial charge in [0, 0.05) is 24.5 Å². The zero-order valence-corrected chi connectivity index (χ0v) is 13.1. The number of carbonyl (C=O) groups is 2. The number of carbonyl (C=O) groups excluding carboxylic acids is 2. The van der Waals surface area contributed by atoms with Gasteiger partial charge in [0.05, 0.1) is 12.2 Å². The molecule has 0 atom stereocenters. The summed E-state index contributed by atoms with van der Waals surface area (Å²) in [5.74, 6) is -0.372. The molecule has 0 radical (unpaired) electrons. The molecule has 1 aromatic heterocycles. The van der Waals surface area contributed by atoms with Crippen LogP contribution in [0.2, 0.25) is 0 Å². The van der Waals surface area contributed by atoms with E-state index in [9.17, 15) is 9.59 Å². The number of amides is 2. The largest absolute Gasteiger partial charge is 0.347 e. The molecule has 2 rings (SSSR count). The molecule has 0 aliphatic rings. The van der Waals surface area contributed by atoms with Crippen LogP contribution in [-0.2, 0) is 9.59 Å². The predicted molar refractivity (Wildman–Crippen MR) is 88.4 cm³/mol.